The molecule has 5 nitrogen and oxygen atoms in total. The number of rotatable bonds is 8. The monoisotopic (exact) mass is 178 g/mol. The first kappa shape index (κ1) is 11.9. The normalized spacial score (nSPS) is 10.2. The molecule has 6 heteroatoms. The Kier molecular flexibility index (Phi) is 8.86. The molecule has 0 saturated heterocycles. The van der Waals surface area contributed by atoms with Crippen molar-refractivity contribution in [3.8, 4) is 0 Å². The fourth-order valence-electron chi connectivity index (χ4n) is 0.513. The van der Waals surface area contributed by atoms with E-state index in [1.54, 1.807) is 14.2 Å². The van der Waals surface area contributed by atoms with E-state index in [1.807, 2.05) is 0 Å². The number of hydrogen-bond acceptors (Lipinski definition) is 5. The predicted octanol–water partition coefficient (Wildman–Crippen LogP) is -0.710. The average Bonchev–Trinajstić information content (AvgIpc) is 2.06. The molecule has 0 radical (unpaired) electrons. The van der Waals surface area contributed by atoms with Crippen molar-refractivity contribution >= 4 is 7.32 Å². The first-order valence-electron chi connectivity index (χ1n) is 3.70. The molecule has 1 N–H and O–H groups in total. The van der Waals surface area contributed by atoms with E-state index in [1.165, 1.54) is 0 Å². The van der Waals surface area contributed by atoms with Gasteiger partial charge in [0.15, 0.2) is 0 Å². The summed E-state index contributed by atoms with van der Waals surface area (Å²) in [5, 5.41) is 8.95. The lowest BCUT2D eigenvalue weighted by Gasteiger charge is -2.07. The number of methoxy groups -OCH3 is 2. The summed E-state index contributed by atoms with van der Waals surface area (Å²) in [5.41, 5.74) is 0. The standard InChI is InChI=1S/C6H15BO5/c1-9-3-5-11-7(8)12-6-4-10-2/h8H,3-6H2,1-2H3. The Hall–Kier alpha value is -0.135. The summed E-state index contributed by atoms with van der Waals surface area (Å²) in [4.78, 5) is 0. The van der Waals surface area contributed by atoms with E-state index in [2.05, 4.69) is 0 Å². The molecule has 0 aromatic rings. The largest absolute Gasteiger partial charge is 0.636 e. The van der Waals surface area contributed by atoms with Crippen LogP contribution in [0, 0.1) is 0 Å². The topological polar surface area (TPSA) is 57.2 Å². The molecule has 0 fully saturated rings. The molecule has 0 saturated carbocycles. The van der Waals surface area contributed by atoms with Gasteiger partial charge in [0.25, 0.3) is 0 Å². The maximum atomic E-state index is 8.95. The van der Waals surface area contributed by atoms with Crippen LogP contribution in [-0.2, 0) is 18.8 Å². The van der Waals surface area contributed by atoms with Crippen molar-refractivity contribution in [1.82, 2.24) is 0 Å². The van der Waals surface area contributed by atoms with Gasteiger partial charge in [-0.1, -0.05) is 0 Å². The van der Waals surface area contributed by atoms with E-state index < -0.39 is 7.32 Å². The highest BCUT2D eigenvalue weighted by atomic mass is 16.7. The van der Waals surface area contributed by atoms with Gasteiger partial charge in [-0.25, -0.2) is 0 Å². The summed E-state index contributed by atoms with van der Waals surface area (Å²) in [5.74, 6) is 0. The van der Waals surface area contributed by atoms with Crippen LogP contribution < -0.4 is 0 Å². The summed E-state index contributed by atoms with van der Waals surface area (Å²) in [7, 11) is 1.93. The maximum Gasteiger partial charge on any atom is 0.636 e. The SMILES string of the molecule is COCCOB(O)OCCOC. The molecule has 0 aliphatic heterocycles. The Bertz CT molecular complexity index is 82.0. The van der Waals surface area contributed by atoms with Crippen molar-refractivity contribution in [1.29, 1.82) is 0 Å². The molecule has 0 spiro atoms. The molecule has 0 heterocycles. The van der Waals surface area contributed by atoms with Crippen LogP contribution in [-0.4, -0.2) is 53.0 Å². The summed E-state index contributed by atoms with van der Waals surface area (Å²) in [6.07, 6.45) is 0. The van der Waals surface area contributed by atoms with E-state index in [9.17, 15) is 0 Å². The first-order valence-corrected chi connectivity index (χ1v) is 3.70. The van der Waals surface area contributed by atoms with Crippen LogP contribution in [0.15, 0.2) is 0 Å². The van der Waals surface area contributed by atoms with Gasteiger partial charge < -0.3 is 23.8 Å². The second-order valence-corrected chi connectivity index (χ2v) is 2.03. The summed E-state index contributed by atoms with van der Waals surface area (Å²) < 4.78 is 19.0. The van der Waals surface area contributed by atoms with Gasteiger partial charge in [0, 0.05) is 14.2 Å². The van der Waals surface area contributed by atoms with Crippen molar-refractivity contribution in [2.24, 2.45) is 0 Å². The maximum absolute atomic E-state index is 8.95. The second-order valence-electron chi connectivity index (χ2n) is 2.03. The minimum atomic E-state index is -1.18. The van der Waals surface area contributed by atoms with Crippen molar-refractivity contribution in [3.63, 3.8) is 0 Å². The molecular weight excluding hydrogens is 163 g/mol. The van der Waals surface area contributed by atoms with E-state index in [0.717, 1.165) is 0 Å². The second kappa shape index (κ2) is 8.96. The fraction of sp³-hybridized carbons (Fsp3) is 1.00. The molecule has 0 aromatic carbocycles. The molecule has 0 aromatic heterocycles. The van der Waals surface area contributed by atoms with Gasteiger partial charge in [-0.3, -0.25) is 0 Å². The molecule has 0 aliphatic rings. The molecule has 0 atom stereocenters. The van der Waals surface area contributed by atoms with Crippen LogP contribution in [0.3, 0.4) is 0 Å². The highest BCUT2D eigenvalue weighted by Gasteiger charge is 2.14. The lowest BCUT2D eigenvalue weighted by Crippen LogP contribution is -2.26. The van der Waals surface area contributed by atoms with Gasteiger partial charge in [0.05, 0.1) is 26.4 Å². The average molecular weight is 178 g/mol. The Morgan fingerprint density at radius 3 is 1.67 bits per heavy atom. The van der Waals surface area contributed by atoms with Crippen LogP contribution in [0.25, 0.3) is 0 Å². The van der Waals surface area contributed by atoms with Crippen LogP contribution in [0.4, 0.5) is 0 Å². The third-order valence-electron chi connectivity index (χ3n) is 1.10. The van der Waals surface area contributed by atoms with Gasteiger partial charge in [0.2, 0.25) is 0 Å². The minimum absolute atomic E-state index is 0.310. The third-order valence-corrected chi connectivity index (χ3v) is 1.10. The molecular formula is C6H15BO5. The first-order chi connectivity index (χ1) is 5.81. The van der Waals surface area contributed by atoms with Gasteiger partial charge in [-0.2, -0.15) is 0 Å². The minimum Gasteiger partial charge on any atom is -0.402 e. The molecule has 0 unspecified atom stereocenters. The molecule has 0 amide bonds. The smallest absolute Gasteiger partial charge is 0.402 e. The zero-order valence-electron chi connectivity index (χ0n) is 7.49. The summed E-state index contributed by atoms with van der Waals surface area (Å²) in [6, 6.07) is 0. The van der Waals surface area contributed by atoms with E-state index in [4.69, 9.17) is 23.8 Å². The zero-order chi connectivity index (χ0) is 9.23. The van der Waals surface area contributed by atoms with Crippen LogP contribution in [0.5, 0.6) is 0 Å². The molecule has 0 bridgehead atoms. The molecule has 0 rings (SSSR count). The van der Waals surface area contributed by atoms with Gasteiger partial charge >= 0.3 is 7.32 Å². The van der Waals surface area contributed by atoms with E-state index in [0.29, 0.717) is 26.4 Å². The van der Waals surface area contributed by atoms with Crippen molar-refractivity contribution in [2.45, 2.75) is 0 Å². The van der Waals surface area contributed by atoms with Gasteiger partial charge in [-0.15, -0.1) is 0 Å². The van der Waals surface area contributed by atoms with Crippen molar-refractivity contribution < 1.29 is 23.8 Å². The Morgan fingerprint density at radius 1 is 0.917 bits per heavy atom. The Balaban J connectivity index is 3.04. The highest BCUT2D eigenvalue weighted by Crippen LogP contribution is 1.85. The molecule has 0 aliphatic carbocycles. The van der Waals surface area contributed by atoms with Crippen molar-refractivity contribution in [2.75, 3.05) is 40.6 Å². The van der Waals surface area contributed by atoms with Gasteiger partial charge in [-0.05, 0) is 0 Å². The quantitative estimate of drug-likeness (QED) is 0.393. The fourth-order valence-corrected chi connectivity index (χ4v) is 0.513. The number of hydrogen-bond donors (Lipinski definition) is 1. The van der Waals surface area contributed by atoms with Crippen LogP contribution in [0.2, 0.25) is 0 Å². The summed E-state index contributed by atoms with van der Waals surface area (Å²) >= 11 is 0. The summed E-state index contributed by atoms with van der Waals surface area (Å²) in [6.45, 7) is 1.49. The van der Waals surface area contributed by atoms with Crippen LogP contribution in [0.1, 0.15) is 0 Å². The van der Waals surface area contributed by atoms with Crippen LogP contribution >= 0.6 is 0 Å². The van der Waals surface area contributed by atoms with Gasteiger partial charge in [0.1, 0.15) is 0 Å². The van der Waals surface area contributed by atoms with Crippen molar-refractivity contribution in [3.05, 3.63) is 0 Å². The highest BCUT2D eigenvalue weighted by molar-refractivity contribution is 6.34. The third kappa shape index (κ3) is 7.97. The number of ether oxygens (including phenoxy) is 2. The molecule has 72 valence electrons. The lowest BCUT2D eigenvalue weighted by atomic mass is 10.2. The Labute approximate surface area is 72.7 Å². The molecule has 12 heavy (non-hydrogen) atoms. The van der Waals surface area contributed by atoms with E-state index >= 15 is 0 Å². The van der Waals surface area contributed by atoms with E-state index in [-0.39, 0.29) is 0 Å². The lowest BCUT2D eigenvalue weighted by molar-refractivity contribution is 0.0704. The zero-order valence-corrected chi connectivity index (χ0v) is 7.49. The Morgan fingerprint density at radius 2 is 1.33 bits per heavy atom. The predicted molar refractivity (Wildman–Crippen MR) is 43.6 cm³/mol.